The van der Waals surface area contributed by atoms with Gasteiger partial charge in [0.15, 0.2) is 0 Å². The second kappa shape index (κ2) is 8.40. The van der Waals surface area contributed by atoms with Gasteiger partial charge in [-0.25, -0.2) is 0 Å². The van der Waals surface area contributed by atoms with Crippen molar-refractivity contribution in [2.75, 3.05) is 26.6 Å². The molecule has 0 bridgehead atoms. The van der Waals surface area contributed by atoms with Crippen LogP contribution in [0.25, 0.3) is 0 Å². The summed E-state index contributed by atoms with van der Waals surface area (Å²) in [6.45, 7) is 1.82. The SMILES string of the molecule is CCC(O)COCOCC(O)CO. The number of aliphatic hydroxyl groups is 3. The van der Waals surface area contributed by atoms with E-state index < -0.39 is 12.2 Å². The summed E-state index contributed by atoms with van der Waals surface area (Å²) in [5.41, 5.74) is 0. The van der Waals surface area contributed by atoms with Crippen molar-refractivity contribution in [3.05, 3.63) is 0 Å². The van der Waals surface area contributed by atoms with Crippen LogP contribution in [0.5, 0.6) is 0 Å². The average Bonchev–Trinajstić information content (AvgIpc) is 2.16. The average molecular weight is 194 g/mol. The number of aliphatic hydroxyl groups excluding tert-OH is 3. The molecule has 0 saturated carbocycles. The fourth-order valence-corrected chi connectivity index (χ4v) is 0.598. The van der Waals surface area contributed by atoms with Crippen molar-refractivity contribution in [1.82, 2.24) is 0 Å². The van der Waals surface area contributed by atoms with Gasteiger partial charge in [0.1, 0.15) is 12.9 Å². The van der Waals surface area contributed by atoms with Crippen molar-refractivity contribution < 1.29 is 24.8 Å². The molecular formula is C8H18O5. The van der Waals surface area contributed by atoms with Crippen LogP contribution in [0.3, 0.4) is 0 Å². The summed E-state index contributed by atoms with van der Waals surface area (Å²) in [7, 11) is 0. The number of rotatable bonds is 8. The summed E-state index contributed by atoms with van der Waals surface area (Å²) in [6.07, 6.45) is -0.690. The Balaban J connectivity index is 3.08. The van der Waals surface area contributed by atoms with E-state index in [4.69, 9.17) is 24.8 Å². The van der Waals surface area contributed by atoms with Gasteiger partial charge in [0.25, 0.3) is 0 Å². The predicted molar refractivity (Wildman–Crippen MR) is 46.2 cm³/mol. The summed E-state index contributed by atoms with van der Waals surface area (Å²) in [6, 6.07) is 0. The standard InChI is InChI=1S/C8H18O5/c1-2-7(10)4-12-6-13-5-8(11)3-9/h7-11H,2-6H2,1H3. The van der Waals surface area contributed by atoms with Crippen LogP contribution in [0.2, 0.25) is 0 Å². The molecule has 0 saturated heterocycles. The number of ether oxygens (including phenoxy) is 2. The lowest BCUT2D eigenvalue weighted by atomic mass is 10.3. The Labute approximate surface area is 77.9 Å². The van der Waals surface area contributed by atoms with E-state index >= 15 is 0 Å². The highest BCUT2D eigenvalue weighted by atomic mass is 16.7. The minimum absolute atomic E-state index is 0.0219. The Morgan fingerprint density at radius 1 is 1.08 bits per heavy atom. The molecule has 0 aromatic heterocycles. The lowest BCUT2D eigenvalue weighted by Crippen LogP contribution is -2.21. The van der Waals surface area contributed by atoms with E-state index in [1.54, 1.807) is 0 Å². The first kappa shape index (κ1) is 12.8. The largest absolute Gasteiger partial charge is 0.394 e. The third kappa shape index (κ3) is 8.14. The number of hydrogen-bond donors (Lipinski definition) is 3. The lowest BCUT2D eigenvalue weighted by Gasteiger charge is -2.10. The molecule has 0 aliphatic heterocycles. The quantitative estimate of drug-likeness (QED) is 0.345. The summed E-state index contributed by atoms with van der Waals surface area (Å²) < 4.78 is 9.75. The third-order valence-electron chi connectivity index (χ3n) is 1.47. The van der Waals surface area contributed by atoms with Gasteiger partial charge in [0, 0.05) is 0 Å². The zero-order chi connectivity index (χ0) is 10.1. The maximum atomic E-state index is 9.04. The van der Waals surface area contributed by atoms with Gasteiger partial charge in [-0.2, -0.15) is 0 Å². The summed E-state index contributed by atoms with van der Waals surface area (Å²) in [5, 5.41) is 26.3. The molecule has 5 heteroatoms. The van der Waals surface area contributed by atoms with Gasteiger partial charge in [0.05, 0.1) is 25.9 Å². The van der Waals surface area contributed by atoms with Gasteiger partial charge >= 0.3 is 0 Å². The molecule has 80 valence electrons. The van der Waals surface area contributed by atoms with E-state index in [0.29, 0.717) is 6.42 Å². The Bertz CT molecular complexity index is 96.7. The van der Waals surface area contributed by atoms with E-state index in [0.717, 1.165) is 0 Å². The van der Waals surface area contributed by atoms with Crippen LogP contribution in [0.4, 0.5) is 0 Å². The van der Waals surface area contributed by atoms with Crippen molar-refractivity contribution in [1.29, 1.82) is 0 Å². The molecule has 0 amide bonds. The first-order valence-corrected chi connectivity index (χ1v) is 4.33. The zero-order valence-electron chi connectivity index (χ0n) is 7.85. The van der Waals surface area contributed by atoms with Crippen LogP contribution < -0.4 is 0 Å². The monoisotopic (exact) mass is 194 g/mol. The molecule has 0 spiro atoms. The normalized spacial score (nSPS) is 15.7. The van der Waals surface area contributed by atoms with Crippen LogP contribution in [-0.4, -0.2) is 54.1 Å². The van der Waals surface area contributed by atoms with Gasteiger partial charge in [-0.1, -0.05) is 6.92 Å². The smallest absolute Gasteiger partial charge is 0.146 e. The highest BCUT2D eigenvalue weighted by Crippen LogP contribution is 1.91. The van der Waals surface area contributed by atoms with E-state index in [9.17, 15) is 0 Å². The molecule has 0 aliphatic rings. The molecule has 0 heterocycles. The maximum Gasteiger partial charge on any atom is 0.146 e. The molecule has 5 nitrogen and oxygen atoms in total. The molecule has 0 fully saturated rings. The van der Waals surface area contributed by atoms with E-state index in [1.165, 1.54) is 0 Å². The Kier molecular flexibility index (Phi) is 8.27. The van der Waals surface area contributed by atoms with E-state index in [1.807, 2.05) is 6.92 Å². The molecule has 0 radical (unpaired) electrons. The molecular weight excluding hydrogens is 176 g/mol. The fraction of sp³-hybridized carbons (Fsp3) is 1.00. The first-order valence-electron chi connectivity index (χ1n) is 4.33. The Hall–Kier alpha value is -0.200. The lowest BCUT2D eigenvalue weighted by molar-refractivity contribution is -0.102. The molecule has 0 aromatic rings. The second-order valence-electron chi connectivity index (χ2n) is 2.76. The number of hydrogen-bond acceptors (Lipinski definition) is 5. The van der Waals surface area contributed by atoms with Crippen molar-refractivity contribution in [3.8, 4) is 0 Å². The molecule has 0 aliphatic carbocycles. The topological polar surface area (TPSA) is 79.2 Å². The molecule has 0 aromatic carbocycles. The Morgan fingerprint density at radius 2 is 1.62 bits per heavy atom. The highest BCUT2D eigenvalue weighted by Gasteiger charge is 2.02. The van der Waals surface area contributed by atoms with Crippen molar-refractivity contribution in [2.45, 2.75) is 25.6 Å². The highest BCUT2D eigenvalue weighted by molar-refractivity contribution is 4.48. The minimum atomic E-state index is -0.861. The fourth-order valence-electron chi connectivity index (χ4n) is 0.598. The molecule has 2 atom stereocenters. The Morgan fingerprint density at radius 3 is 2.08 bits per heavy atom. The van der Waals surface area contributed by atoms with E-state index in [2.05, 4.69) is 0 Å². The van der Waals surface area contributed by atoms with Gasteiger partial charge in [-0.3, -0.25) is 0 Å². The van der Waals surface area contributed by atoms with Crippen LogP contribution in [0.1, 0.15) is 13.3 Å². The van der Waals surface area contributed by atoms with Gasteiger partial charge in [0.2, 0.25) is 0 Å². The van der Waals surface area contributed by atoms with Crippen LogP contribution in [0.15, 0.2) is 0 Å². The summed E-state index contributed by atoms with van der Waals surface area (Å²) in [4.78, 5) is 0. The van der Waals surface area contributed by atoms with Crippen molar-refractivity contribution in [3.63, 3.8) is 0 Å². The third-order valence-corrected chi connectivity index (χ3v) is 1.47. The molecule has 3 N–H and O–H groups in total. The van der Waals surface area contributed by atoms with Crippen molar-refractivity contribution >= 4 is 0 Å². The molecule has 2 unspecified atom stereocenters. The minimum Gasteiger partial charge on any atom is -0.394 e. The van der Waals surface area contributed by atoms with Gasteiger partial charge in [-0.15, -0.1) is 0 Å². The second-order valence-corrected chi connectivity index (χ2v) is 2.76. The molecule has 0 rings (SSSR count). The first-order chi connectivity index (χ1) is 6.20. The van der Waals surface area contributed by atoms with Gasteiger partial charge < -0.3 is 24.8 Å². The summed E-state index contributed by atoms with van der Waals surface area (Å²) >= 11 is 0. The zero-order valence-corrected chi connectivity index (χ0v) is 7.85. The van der Waals surface area contributed by atoms with Gasteiger partial charge in [-0.05, 0) is 6.42 Å². The van der Waals surface area contributed by atoms with Crippen LogP contribution in [-0.2, 0) is 9.47 Å². The van der Waals surface area contributed by atoms with Crippen LogP contribution >= 0.6 is 0 Å². The maximum absolute atomic E-state index is 9.04. The van der Waals surface area contributed by atoms with Crippen molar-refractivity contribution in [2.24, 2.45) is 0 Å². The van der Waals surface area contributed by atoms with Crippen LogP contribution in [0, 0.1) is 0 Å². The summed E-state index contributed by atoms with van der Waals surface area (Å²) in [5.74, 6) is 0. The predicted octanol–water partition coefficient (Wildman–Crippen LogP) is -0.899. The van der Waals surface area contributed by atoms with E-state index in [-0.39, 0.29) is 26.6 Å². The molecule has 13 heavy (non-hydrogen) atoms.